The average molecular weight is 869 g/mol. The summed E-state index contributed by atoms with van der Waals surface area (Å²) in [5.74, 6) is 3.68. The van der Waals surface area contributed by atoms with Crippen molar-refractivity contribution in [1.29, 1.82) is 0 Å². The third-order valence-corrected chi connectivity index (χ3v) is 13.6. The van der Waals surface area contributed by atoms with E-state index in [-0.39, 0.29) is 0 Å². The maximum atomic E-state index is 7.07. The van der Waals surface area contributed by atoms with E-state index in [1.54, 1.807) is 0 Å². The first-order valence-electron chi connectivity index (χ1n) is 22.8. The van der Waals surface area contributed by atoms with E-state index in [4.69, 9.17) is 34.3 Å². The Balaban J connectivity index is 0.994. The maximum absolute atomic E-state index is 7.07. The number of aromatic nitrogens is 6. The van der Waals surface area contributed by atoms with E-state index in [9.17, 15) is 0 Å². The Morgan fingerprint density at radius 2 is 0.691 bits per heavy atom. The molecule has 3 heterocycles. The van der Waals surface area contributed by atoms with Gasteiger partial charge in [-0.1, -0.05) is 194 Å². The van der Waals surface area contributed by atoms with Crippen LogP contribution in [0, 0.1) is 0 Å². The summed E-state index contributed by atoms with van der Waals surface area (Å²) < 4.78 is 7.07. The molecule has 14 rings (SSSR count). The summed E-state index contributed by atoms with van der Waals surface area (Å²) >= 11 is 0. The first-order chi connectivity index (χ1) is 33.7. The number of fused-ring (bicyclic) bond motifs is 14. The van der Waals surface area contributed by atoms with Gasteiger partial charge in [0.1, 0.15) is 11.2 Å². The number of nitrogens with zero attached hydrogens (tertiary/aromatic N) is 6. The van der Waals surface area contributed by atoms with Crippen molar-refractivity contribution >= 4 is 21.9 Å². The van der Waals surface area contributed by atoms with Crippen molar-refractivity contribution in [3.8, 4) is 90.6 Å². The minimum atomic E-state index is -0.643. The van der Waals surface area contributed by atoms with Crippen LogP contribution in [0.4, 0.5) is 0 Å². The molecule has 0 atom stereocenters. The summed E-state index contributed by atoms with van der Waals surface area (Å²) in [5.41, 5.74) is 15.9. The van der Waals surface area contributed by atoms with Gasteiger partial charge in [0, 0.05) is 49.7 Å². The van der Waals surface area contributed by atoms with Crippen LogP contribution < -0.4 is 0 Å². The number of hydrogen-bond donors (Lipinski definition) is 0. The monoisotopic (exact) mass is 868 g/mol. The molecule has 3 aromatic heterocycles. The lowest BCUT2D eigenvalue weighted by molar-refractivity contribution is 0.669. The fourth-order valence-corrected chi connectivity index (χ4v) is 10.6. The molecule has 7 heteroatoms. The van der Waals surface area contributed by atoms with E-state index in [1.807, 2.05) is 121 Å². The molecule has 316 valence electrons. The Bertz CT molecular complexity index is 3800. The number of benzene rings is 9. The second-order valence-corrected chi connectivity index (χ2v) is 17.4. The molecule has 0 saturated heterocycles. The topological polar surface area (TPSA) is 90.5 Å². The summed E-state index contributed by atoms with van der Waals surface area (Å²) in [6.45, 7) is 0. The Hall–Kier alpha value is -9.20. The second-order valence-electron chi connectivity index (χ2n) is 17.4. The molecular weight excluding hydrogens is 833 g/mol. The molecule has 9 aromatic carbocycles. The lowest BCUT2D eigenvalue weighted by Crippen LogP contribution is -2.25. The van der Waals surface area contributed by atoms with Gasteiger partial charge in [-0.05, 0) is 63.2 Å². The molecule has 12 aromatic rings. The summed E-state index contributed by atoms with van der Waals surface area (Å²) in [4.78, 5) is 30.4. The van der Waals surface area contributed by atoms with E-state index in [1.165, 1.54) is 27.8 Å². The van der Waals surface area contributed by atoms with Crippen molar-refractivity contribution in [3.05, 3.63) is 241 Å². The van der Waals surface area contributed by atoms with Gasteiger partial charge >= 0.3 is 0 Å². The number of rotatable bonds is 6. The van der Waals surface area contributed by atoms with Crippen LogP contribution in [-0.2, 0) is 5.41 Å². The zero-order chi connectivity index (χ0) is 44.8. The largest absolute Gasteiger partial charge is 0.455 e. The molecule has 0 aliphatic heterocycles. The highest BCUT2D eigenvalue weighted by atomic mass is 16.3. The summed E-state index contributed by atoms with van der Waals surface area (Å²) in [5, 5.41) is 2.01. The zero-order valence-corrected chi connectivity index (χ0v) is 36.4. The Morgan fingerprint density at radius 1 is 0.279 bits per heavy atom. The lowest BCUT2D eigenvalue weighted by Gasteiger charge is -2.30. The number of furan rings is 1. The van der Waals surface area contributed by atoms with Gasteiger partial charge in [0.05, 0.1) is 5.41 Å². The van der Waals surface area contributed by atoms with E-state index < -0.39 is 5.41 Å². The van der Waals surface area contributed by atoms with Gasteiger partial charge in [-0.25, -0.2) is 29.9 Å². The smallest absolute Gasteiger partial charge is 0.164 e. The van der Waals surface area contributed by atoms with Crippen LogP contribution in [0.5, 0.6) is 0 Å². The molecule has 2 aliphatic carbocycles. The molecule has 68 heavy (non-hydrogen) atoms. The molecule has 0 amide bonds. The molecular formula is C61H36N6O. The van der Waals surface area contributed by atoms with Crippen LogP contribution in [0.3, 0.4) is 0 Å². The van der Waals surface area contributed by atoms with E-state index in [0.717, 1.165) is 72.0 Å². The zero-order valence-electron chi connectivity index (χ0n) is 36.4. The lowest BCUT2D eigenvalue weighted by atomic mass is 9.70. The van der Waals surface area contributed by atoms with E-state index in [2.05, 4.69) is 97.1 Å². The molecule has 0 radical (unpaired) electrons. The Labute approximate surface area is 391 Å². The SMILES string of the molecule is c1ccc(-c2nc(-c3ccccc3)nc(-c3ccc4c(c3)C3(c5ccccc5-c5ccccc53)c3ccc5c(oc6ccc(-c7nc(-c8ccccc8)nc(-c8ccccc8)n7)cc65)c3-4)n2)cc1. The summed E-state index contributed by atoms with van der Waals surface area (Å²) in [6.07, 6.45) is 0. The van der Waals surface area contributed by atoms with E-state index >= 15 is 0 Å². The third kappa shape index (κ3) is 5.72. The van der Waals surface area contributed by atoms with Gasteiger partial charge in [0.2, 0.25) is 0 Å². The molecule has 0 fully saturated rings. The number of hydrogen-bond acceptors (Lipinski definition) is 7. The van der Waals surface area contributed by atoms with Crippen molar-refractivity contribution < 1.29 is 4.42 Å². The molecule has 1 spiro atoms. The van der Waals surface area contributed by atoms with Crippen molar-refractivity contribution in [1.82, 2.24) is 29.9 Å². The molecule has 7 nitrogen and oxygen atoms in total. The van der Waals surface area contributed by atoms with Gasteiger partial charge in [0.25, 0.3) is 0 Å². The molecule has 0 N–H and O–H groups in total. The summed E-state index contributed by atoms with van der Waals surface area (Å²) in [6, 6.07) is 75.7. The normalized spacial score (nSPS) is 12.8. The highest BCUT2D eigenvalue weighted by Crippen LogP contribution is 2.64. The molecule has 0 unspecified atom stereocenters. The third-order valence-electron chi connectivity index (χ3n) is 13.6. The minimum absolute atomic E-state index is 0.593. The van der Waals surface area contributed by atoms with Gasteiger partial charge in [-0.2, -0.15) is 0 Å². The van der Waals surface area contributed by atoms with Crippen LogP contribution in [0.1, 0.15) is 22.3 Å². The van der Waals surface area contributed by atoms with Gasteiger partial charge < -0.3 is 4.42 Å². The average Bonchev–Trinajstić information content (AvgIpc) is 4.05. The maximum Gasteiger partial charge on any atom is 0.164 e. The van der Waals surface area contributed by atoms with Crippen LogP contribution in [0.25, 0.3) is 113 Å². The van der Waals surface area contributed by atoms with Crippen molar-refractivity contribution in [2.75, 3.05) is 0 Å². The van der Waals surface area contributed by atoms with Gasteiger partial charge in [-0.15, -0.1) is 0 Å². The highest BCUT2D eigenvalue weighted by Gasteiger charge is 2.52. The van der Waals surface area contributed by atoms with Crippen LogP contribution in [-0.4, -0.2) is 29.9 Å². The van der Waals surface area contributed by atoms with Crippen molar-refractivity contribution in [2.45, 2.75) is 5.41 Å². The van der Waals surface area contributed by atoms with Gasteiger partial charge in [0.15, 0.2) is 34.9 Å². The highest BCUT2D eigenvalue weighted by molar-refractivity contribution is 6.14. The standard InChI is InChI=1S/C61H36N6O/c1-5-17-37(18-6-1)55-62-56(38-19-7-2-8-20-38)65-59(64-55)41-30-34-52-47(35-41)45-32-33-50-53(54(45)68-52)46-31-29-42(36-51(46)61(50)48-27-15-13-25-43(48)44-26-14-16-28-49(44)61)60-66-57(39-21-9-3-10-22-39)63-58(67-60)40-23-11-4-12-24-40/h1-36H. The second kappa shape index (κ2) is 14.9. The fraction of sp³-hybridized carbons (Fsp3) is 0.0164. The quantitative estimate of drug-likeness (QED) is 0.164. The Morgan fingerprint density at radius 3 is 1.18 bits per heavy atom. The minimum Gasteiger partial charge on any atom is -0.455 e. The first kappa shape index (κ1) is 38.1. The molecule has 0 saturated carbocycles. The Kier molecular flexibility index (Phi) is 8.36. The van der Waals surface area contributed by atoms with Crippen molar-refractivity contribution in [3.63, 3.8) is 0 Å². The van der Waals surface area contributed by atoms with Crippen LogP contribution >= 0.6 is 0 Å². The van der Waals surface area contributed by atoms with Gasteiger partial charge in [-0.3, -0.25) is 0 Å². The van der Waals surface area contributed by atoms with Crippen LogP contribution in [0.2, 0.25) is 0 Å². The van der Waals surface area contributed by atoms with Crippen LogP contribution in [0.15, 0.2) is 223 Å². The first-order valence-corrected chi connectivity index (χ1v) is 22.8. The predicted octanol–water partition coefficient (Wildman–Crippen LogP) is 14.3. The van der Waals surface area contributed by atoms with Crippen molar-refractivity contribution in [2.24, 2.45) is 0 Å². The molecule has 2 aliphatic rings. The fourth-order valence-electron chi connectivity index (χ4n) is 10.6. The summed E-state index contributed by atoms with van der Waals surface area (Å²) in [7, 11) is 0. The molecule has 0 bridgehead atoms. The van der Waals surface area contributed by atoms with E-state index in [0.29, 0.717) is 34.9 Å². The predicted molar refractivity (Wildman–Crippen MR) is 269 cm³/mol.